The van der Waals surface area contributed by atoms with Gasteiger partial charge >= 0.3 is 0 Å². The number of fused-ring (bicyclic) bond motifs is 9. The third-order valence-electron chi connectivity index (χ3n) is 15.1. The van der Waals surface area contributed by atoms with Crippen LogP contribution >= 0.6 is 0 Å². The molecule has 2 nitrogen and oxygen atoms in total. The largest absolute Gasteiger partial charge is 0.311 e. The summed E-state index contributed by atoms with van der Waals surface area (Å²) in [5.41, 5.74) is 18.7. The van der Waals surface area contributed by atoms with Crippen LogP contribution in [-0.4, -0.2) is 4.57 Å². The van der Waals surface area contributed by atoms with Crippen molar-refractivity contribution < 1.29 is 0 Å². The summed E-state index contributed by atoms with van der Waals surface area (Å²) in [6.07, 6.45) is 7.33. The van der Waals surface area contributed by atoms with Gasteiger partial charge in [-0.2, -0.15) is 0 Å². The molecular formula is C66H50N2. The molecule has 2 aliphatic carbocycles. The molecule has 0 aliphatic heterocycles. The van der Waals surface area contributed by atoms with Gasteiger partial charge in [0.2, 0.25) is 0 Å². The Kier molecular flexibility index (Phi) is 9.27. The van der Waals surface area contributed by atoms with Gasteiger partial charge in [0.1, 0.15) is 0 Å². The van der Waals surface area contributed by atoms with Crippen LogP contribution < -0.4 is 4.90 Å². The molecule has 1 heterocycles. The van der Waals surface area contributed by atoms with Gasteiger partial charge in [0.15, 0.2) is 0 Å². The zero-order valence-electron chi connectivity index (χ0n) is 38.6. The number of anilines is 2. The van der Waals surface area contributed by atoms with E-state index < -0.39 is 0 Å². The van der Waals surface area contributed by atoms with Gasteiger partial charge < -0.3 is 9.47 Å². The first-order valence-electron chi connectivity index (χ1n) is 24.0. The van der Waals surface area contributed by atoms with Gasteiger partial charge in [-0.3, -0.25) is 0 Å². The van der Waals surface area contributed by atoms with Gasteiger partial charge in [-0.05, 0) is 138 Å². The second kappa shape index (κ2) is 15.7. The number of hydrogen-bond acceptors (Lipinski definition) is 1. The van der Waals surface area contributed by atoms with Crippen LogP contribution in [0, 0.1) is 5.92 Å². The second-order valence-electron chi connectivity index (χ2n) is 19.3. The first-order chi connectivity index (χ1) is 33.4. The van der Waals surface area contributed by atoms with Gasteiger partial charge in [0.25, 0.3) is 0 Å². The molecule has 0 bridgehead atoms. The highest BCUT2D eigenvalue weighted by molar-refractivity contribution is 6.13. The molecule has 324 valence electrons. The van der Waals surface area contributed by atoms with Gasteiger partial charge in [-0.1, -0.05) is 197 Å². The minimum absolute atomic E-state index is 0.0783. The minimum atomic E-state index is -0.0783. The predicted octanol–water partition coefficient (Wildman–Crippen LogP) is 17.7. The number of allylic oxidation sites excluding steroid dienone is 3. The van der Waals surface area contributed by atoms with Crippen LogP contribution in [0.3, 0.4) is 0 Å². The summed E-state index contributed by atoms with van der Waals surface area (Å²) in [6, 6.07) is 80.8. The maximum absolute atomic E-state index is 2.50. The summed E-state index contributed by atoms with van der Waals surface area (Å²) >= 11 is 0. The number of aromatic nitrogens is 1. The zero-order valence-corrected chi connectivity index (χ0v) is 38.6. The van der Waals surface area contributed by atoms with E-state index in [-0.39, 0.29) is 17.3 Å². The monoisotopic (exact) mass is 870 g/mol. The molecule has 2 atom stereocenters. The zero-order chi connectivity index (χ0) is 45.5. The summed E-state index contributed by atoms with van der Waals surface area (Å²) < 4.78 is 2.42. The Morgan fingerprint density at radius 1 is 0.456 bits per heavy atom. The maximum Gasteiger partial charge on any atom is 0.0544 e. The highest BCUT2D eigenvalue weighted by Crippen LogP contribution is 2.50. The summed E-state index contributed by atoms with van der Waals surface area (Å²) in [6.45, 7) is 7.12. The molecule has 11 aromatic rings. The van der Waals surface area contributed by atoms with E-state index in [0.29, 0.717) is 0 Å². The molecule has 0 amide bonds. The molecule has 13 rings (SSSR count). The van der Waals surface area contributed by atoms with Crippen LogP contribution in [0.1, 0.15) is 43.4 Å². The highest BCUT2D eigenvalue weighted by Gasteiger charge is 2.35. The van der Waals surface area contributed by atoms with Crippen molar-refractivity contribution in [3.8, 4) is 39.1 Å². The predicted molar refractivity (Wildman–Crippen MR) is 288 cm³/mol. The van der Waals surface area contributed by atoms with Crippen molar-refractivity contribution in [1.82, 2.24) is 4.57 Å². The van der Waals surface area contributed by atoms with Crippen molar-refractivity contribution >= 4 is 54.7 Å². The van der Waals surface area contributed by atoms with Crippen molar-refractivity contribution in [3.05, 3.63) is 259 Å². The lowest BCUT2D eigenvalue weighted by molar-refractivity contribution is 0.632. The molecule has 68 heavy (non-hydrogen) atoms. The van der Waals surface area contributed by atoms with Gasteiger partial charge in [-0.15, -0.1) is 0 Å². The van der Waals surface area contributed by atoms with Crippen molar-refractivity contribution in [3.63, 3.8) is 0 Å². The topological polar surface area (TPSA) is 8.17 Å². The van der Waals surface area contributed by atoms with Crippen molar-refractivity contribution in [2.24, 2.45) is 5.92 Å². The van der Waals surface area contributed by atoms with Gasteiger partial charge in [-0.25, -0.2) is 0 Å². The van der Waals surface area contributed by atoms with Crippen molar-refractivity contribution in [2.45, 2.75) is 32.1 Å². The molecule has 2 unspecified atom stereocenters. The summed E-state index contributed by atoms with van der Waals surface area (Å²) in [5, 5.41) is 7.68. The number of nitrogens with zero attached hydrogens (tertiary/aromatic N) is 2. The molecule has 0 saturated carbocycles. The maximum atomic E-state index is 2.50. The molecule has 0 N–H and O–H groups in total. The Morgan fingerprint density at radius 3 is 1.96 bits per heavy atom. The normalized spacial score (nSPS) is 16.0. The van der Waals surface area contributed by atoms with Crippen LogP contribution in [0.2, 0.25) is 0 Å². The van der Waals surface area contributed by atoms with E-state index in [9.17, 15) is 0 Å². The standard InChI is InChI=1S/C66H50N2/c1-43-39-51(35-38-52(43)59-29-16-32-64-65(59)60-26-10-12-31-63(60)68(64)48-20-5-4-6-21-48)67(50-23-14-19-47(41-50)54-27-15-28-55-53-24-8-7-17-44(53)33-36-56(54)55)49-22-13-18-45(40-49)46-34-37-58-57-25-9-11-30-61(57)66(2,3)62(58)42-46/h4-43,52H,1-3H3. The summed E-state index contributed by atoms with van der Waals surface area (Å²) in [5.74, 6) is 0.390. The van der Waals surface area contributed by atoms with E-state index in [2.05, 4.69) is 267 Å². The molecule has 0 spiro atoms. The third kappa shape index (κ3) is 6.32. The van der Waals surface area contributed by atoms with Gasteiger partial charge in [0, 0.05) is 44.9 Å². The highest BCUT2D eigenvalue weighted by atomic mass is 15.1. The summed E-state index contributed by atoms with van der Waals surface area (Å²) in [4.78, 5) is 2.48. The molecule has 0 radical (unpaired) electrons. The summed E-state index contributed by atoms with van der Waals surface area (Å²) in [7, 11) is 0. The Labute approximate surface area is 398 Å². The lowest BCUT2D eigenvalue weighted by Gasteiger charge is -2.32. The average Bonchev–Trinajstić information content (AvgIpc) is 3.85. The van der Waals surface area contributed by atoms with Crippen molar-refractivity contribution in [2.75, 3.05) is 4.90 Å². The van der Waals surface area contributed by atoms with E-state index >= 15 is 0 Å². The molecule has 0 fully saturated rings. The van der Waals surface area contributed by atoms with E-state index in [0.717, 1.165) is 17.1 Å². The second-order valence-corrected chi connectivity index (χ2v) is 19.3. The Hall–Kier alpha value is -8.20. The Morgan fingerprint density at radius 2 is 1.10 bits per heavy atom. The van der Waals surface area contributed by atoms with Crippen LogP contribution in [0.15, 0.2) is 242 Å². The number of benzene rings is 10. The molecule has 2 heteroatoms. The fourth-order valence-electron chi connectivity index (χ4n) is 11.8. The number of para-hydroxylation sites is 2. The quantitative estimate of drug-likeness (QED) is 0.145. The van der Waals surface area contributed by atoms with Crippen LogP contribution in [-0.2, 0) is 5.41 Å². The van der Waals surface area contributed by atoms with Crippen molar-refractivity contribution in [1.29, 1.82) is 0 Å². The van der Waals surface area contributed by atoms with Crippen LogP contribution in [0.25, 0.3) is 82.4 Å². The minimum Gasteiger partial charge on any atom is -0.311 e. The van der Waals surface area contributed by atoms with Crippen LogP contribution in [0.5, 0.6) is 0 Å². The van der Waals surface area contributed by atoms with E-state index in [1.165, 1.54) is 99.1 Å². The van der Waals surface area contributed by atoms with Crippen LogP contribution in [0.4, 0.5) is 11.4 Å². The first-order valence-corrected chi connectivity index (χ1v) is 24.0. The molecule has 2 aliphatic rings. The SMILES string of the molecule is CC1C=C(N(c2cccc(-c3ccc4c(c3)C(C)(C)c3ccccc3-4)c2)c2cccc(-c3cccc4c3ccc3ccccc34)c2)C=CC1c1cccc2c1c1ccccc1n2-c1ccccc1. The molecule has 1 aromatic heterocycles. The van der Waals surface area contributed by atoms with Gasteiger partial charge in [0.05, 0.1) is 11.0 Å². The lowest BCUT2D eigenvalue weighted by Crippen LogP contribution is -2.20. The molecule has 0 saturated heterocycles. The first kappa shape index (κ1) is 40.1. The van der Waals surface area contributed by atoms with E-state index in [1.807, 2.05) is 0 Å². The fourth-order valence-corrected chi connectivity index (χ4v) is 11.8. The number of hydrogen-bond donors (Lipinski definition) is 0. The third-order valence-corrected chi connectivity index (χ3v) is 15.1. The molecular weight excluding hydrogens is 821 g/mol. The van der Waals surface area contributed by atoms with E-state index in [1.54, 1.807) is 0 Å². The smallest absolute Gasteiger partial charge is 0.0544 e. The molecule has 10 aromatic carbocycles. The van der Waals surface area contributed by atoms with E-state index in [4.69, 9.17) is 0 Å². The fraction of sp³-hybridized carbons (Fsp3) is 0.0909. The number of rotatable bonds is 7. The Bertz CT molecular complexity index is 3860. The Balaban J connectivity index is 0.941. The lowest BCUT2D eigenvalue weighted by atomic mass is 9.81. The average molecular weight is 871 g/mol.